The molecule has 0 aliphatic heterocycles. The smallest absolute Gasteiger partial charge is 0.119 e. The lowest BCUT2D eigenvalue weighted by atomic mass is 9.85. The Morgan fingerprint density at radius 1 is 1.29 bits per heavy atom. The third-order valence-electron chi connectivity index (χ3n) is 5.43. The Kier molecular flexibility index (Phi) is 3.74. The van der Waals surface area contributed by atoms with Gasteiger partial charge in [0.05, 0.1) is 18.2 Å². The standard InChI is InChI=1S/C18H27NO2/c1-17(2,20)16(19)14-3-5-15(6-4-14)21-12-18-9-7-13(11-18)8-10-18/h3-6,13,16,20H,7-12,19H2,1-2H3. The number of aliphatic hydroxyl groups is 1. The van der Waals surface area contributed by atoms with Crippen molar-refractivity contribution in [3.05, 3.63) is 29.8 Å². The van der Waals surface area contributed by atoms with Crippen molar-refractivity contribution in [2.24, 2.45) is 17.1 Å². The van der Waals surface area contributed by atoms with E-state index in [0.29, 0.717) is 5.41 Å². The van der Waals surface area contributed by atoms with E-state index in [0.717, 1.165) is 23.8 Å². The van der Waals surface area contributed by atoms with Gasteiger partial charge in [-0.3, -0.25) is 0 Å². The van der Waals surface area contributed by atoms with E-state index in [1.165, 1.54) is 32.1 Å². The highest BCUT2D eigenvalue weighted by atomic mass is 16.5. The molecule has 3 heteroatoms. The van der Waals surface area contributed by atoms with Crippen molar-refractivity contribution in [3.63, 3.8) is 0 Å². The highest BCUT2D eigenvalue weighted by Crippen LogP contribution is 2.54. The molecule has 1 aromatic carbocycles. The van der Waals surface area contributed by atoms with Crippen molar-refractivity contribution >= 4 is 0 Å². The Balaban J connectivity index is 1.60. The van der Waals surface area contributed by atoms with Gasteiger partial charge in [-0.2, -0.15) is 0 Å². The molecule has 1 aromatic rings. The van der Waals surface area contributed by atoms with Crippen LogP contribution in [0.3, 0.4) is 0 Å². The molecule has 0 spiro atoms. The van der Waals surface area contributed by atoms with E-state index in [1.807, 2.05) is 24.3 Å². The summed E-state index contributed by atoms with van der Waals surface area (Å²) in [6, 6.07) is 7.48. The molecule has 2 aliphatic rings. The lowest BCUT2D eigenvalue weighted by Crippen LogP contribution is -2.34. The fourth-order valence-corrected chi connectivity index (χ4v) is 3.93. The molecule has 1 unspecified atom stereocenters. The lowest BCUT2D eigenvalue weighted by molar-refractivity contribution is 0.0517. The number of ether oxygens (including phenoxy) is 1. The molecule has 2 saturated carbocycles. The number of benzene rings is 1. The number of rotatable bonds is 5. The van der Waals surface area contributed by atoms with E-state index >= 15 is 0 Å². The molecule has 2 fully saturated rings. The molecule has 0 radical (unpaired) electrons. The van der Waals surface area contributed by atoms with Gasteiger partial charge in [0, 0.05) is 5.41 Å². The SMILES string of the molecule is CC(C)(O)C(N)c1ccc(OCC23CCC(CC2)C3)cc1. The van der Waals surface area contributed by atoms with Crippen LogP contribution in [0, 0.1) is 11.3 Å². The van der Waals surface area contributed by atoms with Crippen molar-refractivity contribution < 1.29 is 9.84 Å². The van der Waals surface area contributed by atoms with Gasteiger partial charge in [0.25, 0.3) is 0 Å². The molecule has 0 aromatic heterocycles. The summed E-state index contributed by atoms with van der Waals surface area (Å²) in [6.45, 7) is 4.32. The molecular weight excluding hydrogens is 262 g/mol. The van der Waals surface area contributed by atoms with Gasteiger partial charge in [0.15, 0.2) is 0 Å². The van der Waals surface area contributed by atoms with Crippen molar-refractivity contribution in [3.8, 4) is 5.75 Å². The van der Waals surface area contributed by atoms with Gasteiger partial charge in [-0.15, -0.1) is 0 Å². The summed E-state index contributed by atoms with van der Waals surface area (Å²) in [5, 5.41) is 9.97. The van der Waals surface area contributed by atoms with Gasteiger partial charge in [0.2, 0.25) is 0 Å². The van der Waals surface area contributed by atoms with Crippen LogP contribution in [0.5, 0.6) is 5.75 Å². The number of fused-ring (bicyclic) bond motifs is 2. The fraction of sp³-hybridized carbons (Fsp3) is 0.667. The molecule has 3 rings (SSSR count). The van der Waals surface area contributed by atoms with E-state index in [9.17, 15) is 5.11 Å². The average Bonchev–Trinajstić information content (AvgIpc) is 3.05. The molecule has 21 heavy (non-hydrogen) atoms. The predicted molar refractivity (Wildman–Crippen MR) is 84.2 cm³/mol. The predicted octanol–water partition coefficient (Wildman–Crippen LogP) is 3.42. The van der Waals surface area contributed by atoms with Crippen LogP contribution < -0.4 is 10.5 Å². The largest absolute Gasteiger partial charge is 0.493 e. The van der Waals surface area contributed by atoms with Gasteiger partial charge in [-0.25, -0.2) is 0 Å². The quantitative estimate of drug-likeness (QED) is 0.873. The maximum absolute atomic E-state index is 9.97. The maximum Gasteiger partial charge on any atom is 0.119 e. The Bertz CT molecular complexity index is 481. The van der Waals surface area contributed by atoms with Crippen LogP contribution in [-0.4, -0.2) is 17.3 Å². The Hall–Kier alpha value is -1.06. The van der Waals surface area contributed by atoms with Crippen LogP contribution in [0.15, 0.2) is 24.3 Å². The Morgan fingerprint density at radius 3 is 2.38 bits per heavy atom. The van der Waals surface area contributed by atoms with Gasteiger partial charge in [-0.05, 0) is 69.6 Å². The van der Waals surface area contributed by atoms with Crippen molar-refractivity contribution in [1.82, 2.24) is 0 Å². The molecule has 0 amide bonds. The summed E-state index contributed by atoms with van der Waals surface area (Å²) < 4.78 is 6.03. The zero-order chi connectivity index (χ0) is 15.1. The molecule has 3 N–H and O–H groups in total. The second-order valence-electron chi connectivity index (χ2n) is 7.64. The van der Waals surface area contributed by atoms with Gasteiger partial charge in [-0.1, -0.05) is 12.1 Å². The first-order valence-electron chi connectivity index (χ1n) is 8.09. The highest BCUT2D eigenvalue weighted by molar-refractivity contribution is 5.30. The summed E-state index contributed by atoms with van der Waals surface area (Å²) in [7, 11) is 0. The molecule has 0 saturated heterocycles. The second-order valence-corrected chi connectivity index (χ2v) is 7.64. The summed E-state index contributed by atoms with van der Waals surface area (Å²) in [5.74, 6) is 1.87. The van der Waals surface area contributed by atoms with E-state index < -0.39 is 5.60 Å². The third-order valence-corrected chi connectivity index (χ3v) is 5.43. The van der Waals surface area contributed by atoms with Crippen LogP contribution in [0.1, 0.15) is 57.6 Å². The third kappa shape index (κ3) is 3.09. The van der Waals surface area contributed by atoms with Gasteiger partial charge < -0.3 is 15.6 Å². The first-order chi connectivity index (χ1) is 9.88. The van der Waals surface area contributed by atoms with Crippen molar-refractivity contribution in [2.45, 2.75) is 57.6 Å². The molecule has 2 aliphatic carbocycles. The van der Waals surface area contributed by atoms with E-state index in [-0.39, 0.29) is 6.04 Å². The van der Waals surface area contributed by atoms with E-state index in [2.05, 4.69) is 0 Å². The second kappa shape index (κ2) is 5.29. The summed E-state index contributed by atoms with van der Waals surface area (Å²) in [5.41, 5.74) is 6.53. The zero-order valence-electron chi connectivity index (χ0n) is 13.1. The van der Waals surface area contributed by atoms with Crippen molar-refractivity contribution in [2.75, 3.05) is 6.61 Å². The zero-order valence-corrected chi connectivity index (χ0v) is 13.1. The van der Waals surface area contributed by atoms with Crippen LogP contribution in [0.2, 0.25) is 0 Å². The fourth-order valence-electron chi connectivity index (χ4n) is 3.93. The molecule has 3 nitrogen and oxygen atoms in total. The van der Waals surface area contributed by atoms with Crippen molar-refractivity contribution in [1.29, 1.82) is 0 Å². The van der Waals surface area contributed by atoms with Gasteiger partial charge >= 0.3 is 0 Å². The topological polar surface area (TPSA) is 55.5 Å². The minimum Gasteiger partial charge on any atom is -0.493 e. The van der Waals surface area contributed by atoms with Crippen LogP contribution >= 0.6 is 0 Å². The minimum atomic E-state index is -0.913. The summed E-state index contributed by atoms with van der Waals surface area (Å²) in [4.78, 5) is 0. The van der Waals surface area contributed by atoms with E-state index in [4.69, 9.17) is 10.5 Å². The first kappa shape index (κ1) is 14.9. The van der Waals surface area contributed by atoms with E-state index in [1.54, 1.807) is 13.8 Å². The number of nitrogens with two attached hydrogens (primary N) is 1. The molecule has 116 valence electrons. The Morgan fingerprint density at radius 2 is 1.90 bits per heavy atom. The molecule has 1 atom stereocenters. The van der Waals surface area contributed by atoms with Gasteiger partial charge in [0.1, 0.15) is 5.75 Å². The normalized spacial score (nSPS) is 29.6. The number of hydrogen-bond donors (Lipinski definition) is 2. The average molecular weight is 289 g/mol. The monoisotopic (exact) mass is 289 g/mol. The molecule has 2 bridgehead atoms. The lowest BCUT2D eigenvalue weighted by Gasteiger charge is -2.27. The highest BCUT2D eigenvalue weighted by Gasteiger charge is 2.45. The maximum atomic E-state index is 9.97. The molecule has 0 heterocycles. The van der Waals surface area contributed by atoms with Crippen LogP contribution in [-0.2, 0) is 0 Å². The number of hydrogen-bond acceptors (Lipinski definition) is 3. The Labute approximate surface area is 127 Å². The summed E-state index contributed by atoms with van der Waals surface area (Å²) >= 11 is 0. The van der Waals surface area contributed by atoms with Crippen LogP contribution in [0.25, 0.3) is 0 Å². The first-order valence-corrected chi connectivity index (χ1v) is 8.09. The minimum absolute atomic E-state index is 0.379. The molecular formula is C18H27NO2. The summed E-state index contributed by atoms with van der Waals surface area (Å²) in [6.07, 6.45) is 6.80. The van der Waals surface area contributed by atoms with Crippen LogP contribution in [0.4, 0.5) is 0 Å².